The van der Waals surface area contributed by atoms with Crippen molar-refractivity contribution < 1.29 is 14.7 Å². The van der Waals surface area contributed by atoms with Crippen LogP contribution in [-0.4, -0.2) is 21.8 Å². The van der Waals surface area contributed by atoms with Crippen molar-refractivity contribution in [2.24, 2.45) is 5.92 Å². The number of aliphatic carboxylic acids is 1. The molecule has 0 radical (unpaired) electrons. The van der Waals surface area contributed by atoms with Gasteiger partial charge in [-0.05, 0) is 18.6 Å². The maximum absolute atomic E-state index is 11.6. The van der Waals surface area contributed by atoms with Gasteiger partial charge in [-0.3, -0.25) is 14.6 Å². The van der Waals surface area contributed by atoms with E-state index in [1.54, 1.807) is 19.1 Å². The lowest BCUT2D eigenvalue weighted by molar-refractivity contribution is -0.140. The Labute approximate surface area is 81.6 Å². The van der Waals surface area contributed by atoms with Gasteiger partial charge in [0.2, 0.25) is 0 Å². The molecule has 0 bridgehead atoms. The molecule has 1 aromatic rings. The van der Waals surface area contributed by atoms with Crippen LogP contribution >= 0.6 is 0 Å². The molecule has 0 saturated carbocycles. The number of aromatic nitrogens is 1. The molecule has 1 atom stereocenters. The van der Waals surface area contributed by atoms with Crippen molar-refractivity contribution >= 4 is 11.8 Å². The highest BCUT2D eigenvalue weighted by Gasteiger charge is 2.25. The molecule has 1 aromatic heterocycles. The second kappa shape index (κ2) is 4.50. The van der Waals surface area contributed by atoms with Crippen molar-refractivity contribution in [1.82, 2.24) is 4.98 Å². The smallest absolute Gasteiger partial charge is 0.314 e. The summed E-state index contributed by atoms with van der Waals surface area (Å²) in [5.74, 6) is -2.51. The minimum absolute atomic E-state index is 0.210. The average molecular weight is 193 g/mol. The zero-order valence-electron chi connectivity index (χ0n) is 7.80. The van der Waals surface area contributed by atoms with Gasteiger partial charge in [0, 0.05) is 6.20 Å². The number of rotatable bonds is 4. The topological polar surface area (TPSA) is 67.3 Å². The monoisotopic (exact) mass is 193 g/mol. The van der Waals surface area contributed by atoms with Crippen molar-refractivity contribution in [2.45, 2.75) is 13.3 Å². The third kappa shape index (κ3) is 2.16. The highest BCUT2D eigenvalue weighted by atomic mass is 16.4. The predicted octanol–water partition coefficient (Wildman–Crippen LogP) is 1.38. The normalized spacial score (nSPS) is 12.1. The van der Waals surface area contributed by atoms with Gasteiger partial charge in [-0.15, -0.1) is 0 Å². The molecule has 0 aliphatic heterocycles. The van der Waals surface area contributed by atoms with Gasteiger partial charge in [-0.1, -0.05) is 13.0 Å². The number of nitrogens with zero attached hydrogens (tertiary/aromatic N) is 1. The molecule has 1 unspecified atom stereocenters. The summed E-state index contributed by atoms with van der Waals surface area (Å²) >= 11 is 0. The number of carboxylic acids is 1. The number of pyridine rings is 1. The van der Waals surface area contributed by atoms with Gasteiger partial charge < -0.3 is 5.11 Å². The van der Waals surface area contributed by atoms with E-state index in [9.17, 15) is 9.59 Å². The molecule has 0 fully saturated rings. The fraction of sp³-hybridized carbons (Fsp3) is 0.300. The summed E-state index contributed by atoms with van der Waals surface area (Å²) in [5, 5.41) is 8.76. The van der Waals surface area contributed by atoms with Crippen molar-refractivity contribution in [3.8, 4) is 0 Å². The van der Waals surface area contributed by atoms with Gasteiger partial charge in [0.05, 0.1) is 0 Å². The molecule has 14 heavy (non-hydrogen) atoms. The third-order valence-electron chi connectivity index (χ3n) is 1.94. The molecule has 1 rings (SSSR count). The van der Waals surface area contributed by atoms with E-state index in [0.717, 1.165) is 0 Å². The second-order valence-electron chi connectivity index (χ2n) is 2.88. The molecule has 0 saturated heterocycles. The third-order valence-corrected chi connectivity index (χ3v) is 1.94. The first-order chi connectivity index (χ1) is 6.66. The molecular weight excluding hydrogens is 182 g/mol. The zero-order valence-corrected chi connectivity index (χ0v) is 7.80. The Hall–Kier alpha value is -1.71. The molecule has 0 amide bonds. The standard InChI is InChI=1S/C10H11NO3/c1-2-7(10(13)14)9(12)8-5-3-4-6-11-8/h3-7H,2H2,1H3,(H,13,14). The maximum atomic E-state index is 11.6. The molecule has 0 spiro atoms. The Kier molecular flexibility index (Phi) is 3.34. The van der Waals surface area contributed by atoms with Gasteiger partial charge in [0.15, 0.2) is 5.78 Å². The first-order valence-corrected chi connectivity index (χ1v) is 4.35. The van der Waals surface area contributed by atoms with E-state index < -0.39 is 17.7 Å². The molecule has 4 heteroatoms. The Morgan fingerprint density at radius 1 is 1.50 bits per heavy atom. The summed E-state index contributed by atoms with van der Waals surface area (Å²) in [6, 6.07) is 4.86. The number of Topliss-reactive ketones (excluding diaryl/α,β-unsaturated/α-hetero) is 1. The summed E-state index contributed by atoms with van der Waals surface area (Å²) in [5.41, 5.74) is 0.210. The summed E-state index contributed by atoms with van der Waals surface area (Å²) in [7, 11) is 0. The van der Waals surface area contributed by atoms with E-state index in [1.165, 1.54) is 12.3 Å². The number of hydrogen-bond acceptors (Lipinski definition) is 3. The SMILES string of the molecule is CCC(C(=O)O)C(=O)c1ccccn1. The predicted molar refractivity (Wildman–Crippen MR) is 50.0 cm³/mol. The molecular formula is C10H11NO3. The molecule has 0 aliphatic carbocycles. The van der Waals surface area contributed by atoms with Crippen LogP contribution in [0.3, 0.4) is 0 Å². The minimum Gasteiger partial charge on any atom is -0.481 e. The van der Waals surface area contributed by atoms with E-state index in [2.05, 4.69) is 4.98 Å². The largest absolute Gasteiger partial charge is 0.481 e. The number of carbonyl (C=O) groups is 2. The maximum Gasteiger partial charge on any atom is 0.314 e. The first kappa shape index (κ1) is 10.4. The van der Waals surface area contributed by atoms with Crippen molar-refractivity contribution in [2.75, 3.05) is 0 Å². The lowest BCUT2D eigenvalue weighted by Crippen LogP contribution is -2.23. The summed E-state index contributed by atoms with van der Waals surface area (Å²) in [6.45, 7) is 1.67. The number of hydrogen-bond donors (Lipinski definition) is 1. The van der Waals surface area contributed by atoms with Gasteiger partial charge >= 0.3 is 5.97 Å². The fourth-order valence-corrected chi connectivity index (χ4v) is 1.16. The van der Waals surface area contributed by atoms with Crippen LogP contribution in [-0.2, 0) is 4.79 Å². The molecule has 0 aliphatic rings. The molecule has 0 aromatic carbocycles. The summed E-state index contributed by atoms with van der Waals surface area (Å²) < 4.78 is 0. The van der Waals surface area contributed by atoms with E-state index >= 15 is 0 Å². The Morgan fingerprint density at radius 2 is 2.21 bits per heavy atom. The van der Waals surface area contributed by atoms with Crippen LogP contribution in [0.25, 0.3) is 0 Å². The Balaban J connectivity index is 2.89. The zero-order chi connectivity index (χ0) is 10.6. The molecule has 4 nitrogen and oxygen atoms in total. The van der Waals surface area contributed by atoms with Crippen molar-refractivity contribution in [1.29, 1.82) is 0 Å². The highest BCUT2D eigenvalue weighted by molar-refractivity contribution is 6.06. The van der Waals surface area contributed by atoms with Crippen LogP contribution < -0.4 is 0 Å². The van der Waals surface area contributed by atoms with Crippen LogP contribution in [0.5, 0.6) is 0 Å². The summed E-state index contributed by atoms with van der Waals surface area (Å²) in [4.78, 5) is 26.1. The first-order valence-electron chi connectivity index (χ1n) is 4.35. The number of carboxylic acid groups (broad SMARTS) is 1. The quantitative estimate of drug-likeness (QED) is 0.579. The van der Waals surface area contributed by atoms with Gasteiger partial charge in [-0.25, -0.2) is 0 Å². The molecule has 74 valence electrons. The number of ketones is 1. The van der Waals surface area contributed by atoms with Crippen molar-refractivity contribution in [3.63, 3.8) is 0 Å². The average Bonchev–Trinajstić information content (AvgIpc) is 2.19. The summed E-state index contributed by atoms with van der Waals surface area (Å²) in [6.07, 6.45) is 1.76. The van der Waals surface area contributed by atoms with Crippen LogP contribution in [0.15, 0.2) is 24.4 Å². The lowest BCUT2D eigenvalue weighted by Gasteiger charge is -2.06. The van der Waals surface area contributed by atoms with E-state index in [4.69, 9.17) is 5.11 Å². The van der Waals surface area contributed by atoms with Crippen LogP contribution in [0, 0.1) is 5.92 Å². The minimum atomic E-state index is -1.09. The lowest BCUT2D eigenvalue weighted by atomic mass is 9.99. The highest BCUT2D eigenvalue weighted by Crippen LogP contribution is 2.10. The van der Waals surface area contributed by atoms with Gasteiger partial charge in [-0.2, -0.15) is 0 Å². The van der Waals surface area contributed by atoms with E-state index in [-0.39, 0.29) is 12.1 Å². The van der Waals surface area contributed by atoms with Gasteiger partial charge in [0.25, 0.3) is 0 Å². The second-order valence-corrected chi connectivity index (χ2v) is 2.88. The van der Waals surface area contributed by atoms with Crippen molar-refractivity contribution in [3.05, 3.63) is 30.1 Å². The Bertz CT molecular complexity index is 334. The molecule has 1 N–H and O–H groups in total. The fourth-order valence-electron chi connectivity index (χ4n) is 1.16. The molecule has 1 heterocycles. The van der Waals surface area contributed by atoms with Crippen LogP contribution in [0.1, 0.15) is 23.8 Å². The number of carbonyl (C=O) groups excluding carboxylic acids is 1. The van der Waals surface area contributed by atoms with Gasteiger partial charge in [0.1, 0.15) is 11.6 Å². The van der Waals surface area contributed by atoms with Crippen LogP contribution in [0.2, 0.25) is 0 Å². The van der Waals surface area contributed by atoms with E-state index in [1.807, 2.05) is 0 Å². The van der Waals surface area contributed by atoms with Crippen LogP contribution in [0.4, 0.5) is 0 Å². The van der Waals surface area contributed by atoms with E-state index in [0.29, 0.717) is 0 Å². The Morgan fingerprint density at radius 3 is 2.64 bits per heavy atom.